The summed E-state index contributed by atoms with van der Waals surface area (Å²) in [7, 11) is 1.47. The third-order valence-electron chi connectivity index (χ3n) is 1.69. The van der Waals surface area contributed by atoms with E-state index in [0.717, 1.165) is 0 Å². The van der Waals surface area contributed by atoms with Crippen LogP contribution in [0.15, 0.2) is 24.3 Å². The molecule has 0 heterocycles. The van der Waals surface area contributed by atoms with Gasteiger partial charge in [0, 0.05) is 5.56 Å². The van der Waals surface area contributed by atoms with Gasteiger partial charge < -0.3 is 10.4 Å². The van der Waals surface area contributed by atoms with E-state index in [2.05, 4.69) is 5.32 Å². The first-order chi connectivity index (χ1) is 6.06. The fraction of sp³-hybridized carbons (Fsp3) is 0.333. The number of hydrogen-bond donors (Lipinski definition) is 2. The number of aromatic hydroxyl groups is 1. The van der Waals surface area contributed by atoms with Crippen molar-refractivity contribution >= 4 is 0 Å². The van der Waals surface area contributed by atoms with Crippen LogP contribution in [0.2, 0.25) is 0 Å². The lowest BCUT2D eigenvalue weighted by molar-refractivity contribution is -0.00127. The van der Waals surface area contributed by atoms with E-state index in [4.69, 9.17) is 5.11 Å². The number of alkyl halides is 2. The number of benzene rings is 1. The van der Waals surface area contributed by atoms with Crippen molar-refractivity contribution in [3.05, 3.63) is 29.8 Å². The molecule has 0 amide bonds. The highest BCUT2D eigenvalue weighted by atomic mass is 19.3. The van der Waals surface area contributed by atoms with Crippen LogP contribution in [0.4, 0.5) is 8.78 Å². The summed E-state index contributed by atoms with van der Waals surface area (Å²) < 4.78 is 26.3. The molecule has 0 aliphatic heterocycles. The molecule has 0 atom stereocenters. The second kappa shape index (κ2) is 3.70. The molecule has 0 saturated carbocycles. The predicted molar refractivity (Wildman–Crippen MR) is 45.9 cm³/mol. The maximum atomic E-state index is 13.1. The van der Waals surface area contributed by atoms with Gasteiger partial charge in [0.15, 0.2) is 0 Å². The molecule has 0 saturated heterocycles. The number of halogens is 2. The Morgan fingerprint density at radius 2 is 1.85 bits per heavy atom. The quantitative estimate of drug-likeness (QED) is 0.754. The molecular formula is C9H11F2NO. The van der Waals surface area contributed by atoms with Crippen LogP contribution in [0.1, 0.15) is 5.56 Å². The van der Waals surface area contributed by atoms with Crippen LogP contribution in [0.5, 0.6) is 5.75 Å². The van der Waals surface area contributed by atoms with Gasteiger partial charge in [-0.3, -0.25) is 0 Å². The first kappa shape index (κ1) is 9.92. The molecule has 72 valence electrons. The Balaban J connectivity index is 2.87. The second-order valence-electron chi connectivity index (χ2n) is 2.78. The third kappa shape index (κ3) is 2.39. The van der Waals surface area contributed by atoms with Crippen LogP contribution < -0.4 is 5.32 Å². The Hall–Kier alpha value is -1.16. The van der Waals surface area contributed by atoms with E-state index >= 15 is 0 Å². The third-order valence-corrected chi connectivity index (χ3v) is 1.69. The van der Waals surface area contributed by atoms with Crippen molar-refractivity contribution in [3.8, 4) is 5.75 Å². The van der Waals surface area contributed by atoms with Crippen molar-refractivity contribution < 1.29 is 13.9 Å². The van der Waals surface area contributed by atoms with Crippen LogP contribution in [0.25, 0.3) is 0 Å². The molecule has 0 radical (unpaired) electrons. The number of phenolic OH excluding ortho intramolecular Hbond substituents is 1. The van der Waals surface area contributed by atoms with Gasteiger partial charge in [0.05, 0.1) is 6.54 Å². The summed E-state index contributed by atoms with van der Waals surface area (Å²) in [5, 5.41) is 11.3. The van der Waals surface area contributed by atoms with Gasteiger partial charge in [-0.25, -0.2) is 0 Å². The van der Waals surface area contributed by atoms with Crippen LogP contribution in [-0.4, -0.2) is 18.7 Å². The first-order valence-corrected chi connectivity index (χ1v) is 3.88. The van der Waals surface area contributed by atoms with Crippen molar-refractivity contribution in [2.75, 3.05) is 13.6 Å². The lowest BCUT2D eigenvalue weighted by atomic mass is 10.1. The Bertz CT molecular complexity index is 271. The Kier molecular flexibility index (Phi) is 2.83. The largest absolute Gasteiger partial charge is 0.508 e. The van der Waals surface area contributed by atoms with Crippen LogP contribution in [0.3, 0.4) is 0 Å². The minimum atomic E-state index is -2.89. The number of phenols is 1. The molecule has 4 heteroatoms. The van der Waals surface area contributed by atoms with E-state index in [1.54, 1.807) is 0 Å². The molecule has 0 aliphatic carbocycles. The highest BCUT2D eigenvalue weighted by molar-refractivity contribution is 5.28. The smallest absolute Gasteiger partial charge is 0.285 e. The summed E-state index contributed by atoms with van der Waals surface area (Å²) in [6.45, 7) is -0.405. The maximum Gasteiger partial charge on any atom is 0.285 e. The average molecular weight is 187 g/mol. The van der Waals surface area contributed by atoms with Gasteiger partial charge >= 0.3 is 0 Å². The maximum absolute atomic E-state index is 13.1. The lowest BCUT2D eigenvalue weighted by Gasteiger charge is -2.15. The number of rotatable bonds is 3. The number of hydrogen-bond acceptors (Lipinski definition) is 2. The van der Waals surface area contributed by atoms with E-state index in [9.17, 15) is 8.78 Å². The summed E-state index contributed by atoms with van der Waals surface area (Å²) in [6, 6.07) is 4.93. The molecule has 13 heavy (non-hydrogen) atoms. The molecule has 1 rings (SSSR count). The number of likely N-dealkylation sites (N-methyl/N-ethyl adjacent to an activating group) is 1. The second-order valence-corrected chi connectivity index (χ2v) is 2.78. The fourth-order valence-electron chi connectivity index (χ4n) is 1.03. The highest BCUT2D eigenvalue weighted by Gasteiger charge is 2.30. The summed E-state index contributed by atoms with van der Waals surface area (Å²) in [5.41, 5.74) is -0.0975. The normalized spacial score (nSPS) is 11.6. The van der Waals surface area contributed by atoms with Crippen LogP contribution in [-0.2, 0) is 5.92 Å². The summed E-state index contributed by atoms with van der Waals surface area (Å²) in [6.07, 6.45) is 0. The zero-order valence-electron chi connectivity index (χ0n) is 7.22. The Labute approximate surface area is 75.2 Å². The minimum absolute atomic E-state index is 0.0102. The average Bonchev–Trinajstić information content (AvgIpc) is 2.05. The van der Waals surface area contributed by atoms with Crippen molar-refractivity contribution in [1.82, 2.24) is 5.32 Å². The van der Waals surface area contributed by atoms with Gasteiger partial charge in [0.1, 0.15) is 5.75 Å². The molecule has 0 bridgehead atoms. The molecule has 2 nitrogen and oxygen atoms in total. The lowest BCUT2D eigenvalue weighted by Crippen LogP contribution is -2.27. The summed E-state index contributed by atoms with van der Waals surface area (Å²) in [5.74, 6) is -2.90. The molecule has 1 aromatic carbocycles. The zero-order valence-corrected chi connectivity index (χ0v) is 7.22. The van der Waals surface area contributed by atoms with Crippen molar-refractivity contribution in [1.29, 1.82) is 0 Å². The van der Waals surface area contributed by atoms with Crippen molar-refractivity contribution in [2.45, 2.75) is 5.92 Å². The van der Waals surface area contributed by atoms with E-state index in [-0.39, 0.29) is 11.3 Å². The van der Waals surface area contributed by atoms with Crippen molar-refractivity contribution in [3.63, 3.8) is 0 Å². The van der Waals surface area contributed by atoms with E-state index < -0.39 is 12.5 Å². The predicted octanol–water partition coefficient (Wildman–Crippen LogP) is 1.70. The molecule has 0 fully saturated rings. The topological polar surface area (TPSA) is 32.3 Å². The van der Waals surface area contributed by atoms with Gasteiger partial charge in [-0.15, -0.1) is 0 Å². The molecule has 0 spiro atoms. The summed E-state index contributed by atoms with van der Waals surface area (Å²) in [4.78, 5) is 0. The van der Waals surface area contributed by atoms with Gasteiger partial charge in [0.2, 0.25) is 0 Å². The molecule has 1 aromatic rings. The highest BCUT2D eigenvalue weighted by Crippen LogP contribution is 2.27. The molecule has 0 aliphatic rings. The zero-order chi connectivity index (χ0) is 9.90. The van der Waals surface area contributed by atoms with E-state index in [0.29, 0.717) is 0 Å². The summed E-state index contributed by atoms with van der Waals surface area (Å²) >= 11 is 0. The minimum Gasteiger partial charge on any atom is -0.508 e. The van der Waals surface area contributed by atoms with Gasteiger partial charge in [0.25, 0.3) is 5.92 Å². The van der Waals surface area contributed by atoms with Gasteiger partial charge in [-0.2, -0.15) is 8.78 Å². The van der Waals surface area contributed by atoms with E-state index in [1.807, 2.05) is 0 Å². The van der Waals surface area contributed by atoms with Crippen molar-refractivity contribution in [2.24, 2.45) is 0 Å². The molecule has 0 unspecified atom stereocenters. The monoisotopic (exact) mass is 187 g/mol. The SMILES string of the molecule is CNCC(F)(F)c1ccc(O)cc1. The fourth-order valence-corrected chi connectivity index (χ4v) is 1.03. The Morgan fingerprint density at radius 1 is 1.31 bits per heavy atom. The Morgan fingerprint density at radius 3 is 2.31 bits per heavy atom. The van der Waals surface area contributed by atoms with Gasteiger partial charge in [-0.1, -0.05) is 0 Å². The number of nitrogens with one attached hydrogen (secondary N) is 1. The van der Waals surface area contributed by atoms with E-state index in [1.165, 1.54) is 31.3 Å². The first-order valence-electron chi connectivity index (χ1n) is 3.88. The van der Waals surface area contributed by atoms with Crippen LogP contribution >= 0.6 is 0 Å². The van der Waals surface area contributed by atoms with Gasteiger partial charge in [-0.05, 0) is 31.3 Å². The van der Waals surface area contributed by atoms with Crippen LogP contribution in [0, 0.1) is 0 Å². The molecule has 0 aromatic heterocycles. The molecule has 2 N–H and O–H groups in total. The molecular weight excluding hydrogens is 176 g/mol. The standard InChI is InChI=1S/C9H11F2NO/c1-12-6-9(10,11)7-2-4-8(13)5-3-7/h2-5,12-13H,6H2,1H3.